The maximum atomic E-state index is 2.62. The Bertz CT molecular complexity index is 308. The molecule has 0 N–H and O–H groups in total. The molecule has 4 rings (SSSR count). The van der Waals surface area contributed by atoms with E-state index < -0.39 is 0 Å². The Labute approximate surface area is 101 Å². The van der Waals surface area contributed by atoms with Crippen LogP contribution in [0, 0.1) is 46.3 Å². The first-order chi connectivity index (χ1) is 7.35. The van der Waals surface area contributed by atoms with Gasteiger partial charge in [-0.1, -0.05) is 41.5 Å². The van der Waals surface area contributed by atoms with Gasteiger partial charge in [0.25, 0.3) is 0 Å². The fourth-order valence-corrected chi connectivity index (χ4v) is 6.43. The molecule has 16 heavy (non-hydrogen) atoms. The largest absolute Gasteiger partial charge is 0.0622 e. The van der Waals surface area contributed by atoms with E-state index in [9.17, 15) is 0 Å². The third-order valence-corrected chi connectivity index (χ3v) is 8.07. The molecule has 6 unspecified atom stereocenters. The Morgan fingerprint density at radius 1 is 0.812 bits per heavy atom. The van der Waals surface area contributed by atoms with Crippen LogP contribution in [0.2, 0.25) is 0 Å². The first kappa shape index (κ1) is 11.1. The highest BCUT2D eigenvalue weighted by molar-refractivity contribution is 5.19. The summed E-state index contributed by atoms with van der Waals surface area (Å²) in [5.74, 6) is 5.89. The minimum Gasteiger partial charge on any atom is -0.0622 e. The fraction of sp³-hybridized carbons (Fsp3) is 1.00. The van der Waals surface area contributed by atoms with Crippen LogP contribution in [0.5, 0.6) is 0 Å². The lowest BCUT2D eigenvalue weighted by atomic mass is 9.33. The van der Waals surface area contributed by atoms with Crippen LogP contribution >= 0.6 is 0 Å². The standard InChI is InChI=1S/C16H28/c1-9-7-13-11(3)16(6,12(13)4)15(5)10(2)8-14(9)15/h9-14H,7-8H2,1-6H3. The average Bonchev–Trinajstić information content (AvgIpc) is 2.35. The Hall–Kier alpha value is 0. The van der Waals surface area contributed by atoms with E-state index in [2.05, 4.69) is 41.5 Å². The third-order valence-electron chi connectivity index (χ3n) is 8.07. The molecule has 6 atom stereocenters. The molecule has 0 radical (unpaired) electrons. The van der Waals surface area contributed by atoms with Gasteiger partial charge >= 0.3 is 0 Å². The highest BCUT2D eigenvalue weighted by Gasteiger charge is 2.72. The molecule has 92 valence electrons. The normalized spacial score (nSPS) is 68.6. The molecule has 0 aromatic carbocycles. The molecule has 0 saturated heterocycles. The highest BCUT2D eigenvalue weighted by Crippen LogP contribution is 2.77. The van der Waals surface area contributed by atoms with E-state index in [1.807, 2.05) is 0 Å². The molecule has 0 aliphatic heterocycles. The second-order valence-electron chi connectivity index (χ2n) is 7.76. The van der Waals surface area contributed by atoms with Crippen molar-refractivity contribution in [3.8, 4) is 0 Å². The second kappa shape index (κ2) is 2.87. The van der Waals surface area contributed by atoms with Gasteiger partial charge in [-0.2, -0.15) is 0 Å². The van der Waals surface area contributed by atoms with E-state index in [0.717, 1.165) is 35.5 Å². The molecule has 4 aliphatic carbocycles. The Morgan fingerprint density at radius 2 is 1.38 bits per heavy atom. The fourth-order valence-electron chi connectivity index (χ4n) is 6.43. The summed E-state index contributed by atoms with van der Waals surface area (Å²) in [5.41, 5.74) is 1.27. The van der Waals surface area contributed by atoms with Crippen molar-refractivity contribution < 1.29 is 0 Å². The monoisotopic (exact) mass is 220 g/mol. The van der Waals surface area contributed by atoms with Crippen molar-refractivity contribution in [1.29, 1.82) is 0 Å². The maximum Gasteiger partial charge on any atom is -0.0210 e. The van der Waals surface area contributed by atoms with E-state index in [1.165, 1.54) is 12.8 Å². The summed E-state index contributed by atoms with van der Waals surface area (Å²) in [7, 11) is 0. The molecule has 0 spiro atoms. The van der Waals surface area contributed by atoms with Gasteiger partial charge in [-0.05, 0) is 59.2 Å². The lowest BCUT2D eigenvalue weighted by Crippen LogP contribution is -2.66. The van der Waals surface area contributed by atoms with Gasteiger partial charge in [-0.3, -0.25) is 0 Å². The van der Waals surface area contributed by atoms with Crippen LogP contribution < -0.4 is 0 Å². The second-order valence-corrected chi connectivity index (χ2v) is 7.76. The van der Waals surface area contributed by atoms with Crippen LogP contribution in [0.1, 0.15) is 54.4 Å². The van der Waals surface area contributed by atoms with Gasteiger partial charge in [-0.15, -0.1) is 0 Å². The third kappa shape index (κ3) is 0.842. The van der Waals surface area contributed by atoms with Crippen molar-refractivity contribution in [1.82, 2.24) is 0 Å². The quantitative estimate of drug-likeness (QED) is 0.560. The molecule has 0 nitrogen and oxygen atoms in total. The Morgan fingerprint density at radius 3 is 1.88 bits per heavy atom. The summed E-state index contributed by atoms with van der Waals surface area (Å²) in [6, 6.07) is 0. The minimum atomic E-state index is 0.630. The van der Waals surface area contributed by atoms with Gasteiger partial charge in [0.05, 0.1) is 0 Å². The topological polar surface area (TPSA) is 0 Å². The molecule has 0 heteroatoms. The van der Waals surface area contributed by atoms with E-state index in [-0.39, 0.29) is 0 Å². The summed E-state index contributed by atoms with van der Waals surface area (Å²) >= 11 is 0. The van der Waals surface area contributed by atoms with Gasteiger partial charge < -0.3 is 0 Å². The zero-order valence-corrected chi connectivity index (χ0v) is 11.9. The Kier molecular flexibility index (Phi) is 1.99. The van der Waals surface area contributed by atoms with Gasteiger partial charge in [0.1, 0.15) is 0 Å². The van der Waals surface area contributed by atoms with Crippen LogP contribution in [0.4, 0.5) is 0 Å². The van der Waals surface area contributed by atoms with Crippen molar-refractivity contribution in [3.05, 3.63) is 0 Å². The predicted octanol–water partition coefficient (Wildman–Crippen LogP) is 4.60. The van der Waals surface area contributed by atoms with E-state index in [1.54, 1.807) is 0 Å². The lowest BCUT2D eigenvalue weighted by molar-refractivity contribution is -0.235. The molecular weight excluding hydrogens is 192 g/mol. The molecule has 0 heterocycles. The molecule has 0 aromatic rings. The minimum absolute atomic E-state index is 0.630. The van der Waals surface area contributed by atoms with Crippen molar-refractivity contribution in [3.63, 3.8) is 0 Å². The van der Waals surface area contributed by atoms with Crippen LogP contribution in [-0.2, 0) is 0 Å². The van der Waals surface area contributed by atoms with Crippen molar-refractivity contribution in [2.75, 3.05) is 0 Å². The molecule has 2 bridgehead atoms. The smallest absolute Gasteiger partial charge is 0.0210 e. The number of hydrogen-bond acceptors (Lipinski definition) is 0. The molecule has 0 amide bonds. The summed E-state index contributed by atoms with van der Waals surface area (Å²) < 4.78 is 0. The zero-order valence-electron chi connectivity index (χ0n) is 11.9. The van der Waals surface area contributed by atoms with Crippen LogP contribution in [-0.4, -0.2) is 0 Å². The molecule has 4 fully saturated rings. The van der Waals surface area contributed by atoms with Gasteiger partial charge in [0.15, 0.2) is 0 Å². The number of hydrogen-bond donors (Lipinski definition) is 0. The first-order valence-corrected chi connectivity index (χ1v) is 7.35. The molecule has 4 aliphatic rings. The van der Waals surface area contributed by atoms with Crippen LogP contribution in [0.25, 0.3) is 0 Å². The van der Waals surface area contributed by atoms with Crippen LogP contribution in [0.3, 0.4) is 0 Å². The highest BCUT2D eigenvalue weighted by atomic mass is 14.8. The summed E-state index contributed by atoms with van der Waals surface area (Å²) in [6.45, 7) is 15.3. The van der Waals surface area contributed by atoms with Crippen molar-refractivity contribution in [2.24, 2.45) is 46.3 Å². The predicted molar refractivity (Wildman–Crippen MR) is 69.1 cm³/mol. The first-order valence-electron chi connectivity index (χ1n) is 7.35. The molecule has 0 aromatic heterocycles. The van der Waals surface area contributed by atoms with Crippen molar-refractivity contribution in [2.45, 2.75) is 54.4 Å². The van der Waals surface area contributed by atoms with Crippen molar-refractivity contribution >= 4 is 0 Å². The van der Waals surface area contributed by atoms with Crippen LogP contribution in [0.15, 0.2) is 0 Å². The summed E-state index contributed by atoms with van der Waals surface area (Å²) in [5, 5.41) is 0. The lowest BCUT2D eigenvalue weighted by Gasteiger charge is -2.71. The maximum absolute atomic E-state index is 2.62. The summed E-state index contributed by atoms with van der Waals surface area (Å²) in [4.78, 5) is 0. The van der Waals surface area contributed by atoms with E-state index in [0.29, 0.717) is 10.8 Å². The molecular formula is C16H28. The van der Waals surface area contributed by atoms with Gasteiger partial charge in [-0.25, -0.2) is 0 Å². The average molecular weight is 220 g/mol. The van der Waals surface area contributed by atoms with Gasteiger partial charge in [0.2, 0.25) is 0 Å². The zero-order chi connectivity index (χ0) is 11.9. The van der Waals surface area contributed by atoms with E-state index >= 15 is 0 Å². The Balaban J connectivity index is 2.08. The van der Waals surface area contributed by atoms with Gasteiger partial charge in [0, 0.05) is 0 Å². The number of fused-ring (bicyclic) bond motifs is 1. The number of rotatable bonds is 0. The van der Waals surface area contributed by atoms with E-state index in [4.69, 9.17) is 0 Å². The summed E-state index contributed by atoms with van der Waals surface area (Å²) in [6.07, 6.45) is 3.00. The SMILES string of the molecule is CC1CC2C(C)C(C)(C2C)C2(C)C(C)CC12. The molecule has 4 saturated carbocycles.